The fourth-order valence-electron chi connectivity index (χ4n) is 1.75. The van der Waals surface area contributed by atoms with Crippen LogP contribution < -0.4 is 11.1 Å². The fourth-order valence-corrected chi connectivity index (χ4v) is 2.15. The van der Waals surface area contributed by atoms with Crippen LogP contribution in [0.2, 0.25) is 0 Å². The summed E-state index contributed by atoms with van der Waals surface area (Å²) in [4.78, 5) is 8.28. The molecule has 0 aliphatic heterocycles. The maximum atomic E-state index is 12.8. The summed E-state index contributed by atoms with van der Waals surface area (Å²) in [6.45, 7) is 2.00. The van der Waals surface area contributed by atoms with Gasteiger partial charge in [0.15, 0.2) is 0 Å². The van der Waals surface area contributed by atoms with E-state index < -0.39 is 0 Å². The molecule has 0 fully saturated rings. The standard InChI is InChI=1S/C13H14BrFN4/c1-8(6-9-2-4-10(15)5-3-9)17-13-18-11(14)7-12(16)19-13/h2-5,7-8H,6H2,1H3,(H3,16,17,18,19). The van der Waals surface area contributed by atoms with Crippen molar-refractivity contribution in [2.24, 2.45) is 0 Å². The maximum Gasteiger partial charge on any atom is 0.225 e. The van der Waals surface area contributed by atoms with Crippen LogP contribution in [0, 0.1) is 5.82 Å². The number of benzene rings is 1. The molecule has 2 rings (SSSR count). The molecule has 1 unspecified atom stereocenters. The SMILES string of the molecule is CC(Cc1ccc(F)cc1)Nc1nc(N)cc(Br)n1. The first-order valence-corrected chi connectivity index (χ1v) is 6.63. The highest BCUT2D eigenvalue weighted by Gasteiger charge is 2.07. The summed E-state index contributed by atoms with van der Waals surface area (Å²) in [6, 6.07) is 8.19. The number of nitrogen functional groups attached to an aromatic ring is 1. The number of anilines is 2. The van der Waals surface area contributed by atoms with Gasteiger partial charge in [0.2, 0.25) is 5.95 Å². The number of aromatic nitrogens is 2. The Morgan fingerprint density at radius 2 is 2.00 bits per heavy atom. The molecule has 0 saturated heterocycles. The molecule has 0 aliphatic rings. The van der Waals surface area contributed by atoms with Gasteiger partial charge in [0, 0.05) is 12.1 Å². The van der Waals surface area contributed by atoms with Gasteiger partial charge in [-0.15, -0.1) is 0 Å². The zero-order chi connectivity index (χ0) is 13.8. The van der Waals surface area contributed by atoms with Crippen LogP contribution in [0.25, 0.3) is 0 Å². The highest BCUT2D eigenvalue weighted by molar-refractivity contribution is 9.10. The molecular weight excluding hydrogens is 311 g/mol. The molecule has 0 radical (unpaired) electrons. The number of hydrogen-bond donors (Lipinski definition) is 2. The van der Waals surface area contributed by atoms with Gasteiger partial charge in [-0.2, -0.15) is 4.98 Å². The minimum atomic E-state index is -0.229. The molecule has 3 N–H and O–H groups in total. The molecule has 0 aliphatic carbocycles. The highest BCUT2D eigenvalue weighted by Crippen LogP contribution is 2.14. The van der Waals surface area contributed by atoms with Gasteiger partial charge >= 0.3 is 0 Å². The van der Waals surface area contributed by atoms with Crippen molar-refractivity contribution in [2.45, 2.75) is 19.4 Å². The second-order valence-electron chi connectivity index (χ2n) is 4.32. The number of nitrogens with two attached hydrogens (primary N) is 1. The van der Waals surface area contributed by atoms with E-state index in [1.807, 2.05) is 6.92 Å². The Bertz CT molecular complexity index is 539. The Labute approximate surface area is 119 Å². The highest BCUT2D eigenvalue weighted by atomic mass is 79.9. The molecule has 6 heteroatoms. The molecule has 0 bridgehead atoms. The topological polar surface area (TPSA) is 63.8 Å². The van der Waals surface area contributed by atoms with Gasteiger partial charge in [-0.25, -0.2) is 9.37 Å². The zero-order valence-electron chi connectivity index (χ0n) is 10.4. The van der Waals surface area contributed by atoms with Gasteiger partial charge < -0.3 is 11.1 Å². The molecule has 1 aromatic carbocycles. The van der Waals surface area contributed by atoms with E-state index in [9.17, 15) is 4.39 Å². The van der Waals surface area contributed by atoms with Crippen molar-refractivity contribution in [2.75, 3.05) is 11.1 Å². The van der Waals surface area contributed by atoms with Gasteiger partial charge in [0.25, 0.3) is 0 Å². The smallest absolute Gasteiger partial charge is 0.225 e. The van der Waals surface area contributed by atoms with Gasteiger partial charge in [-0.1, -0.05) is 12.1 Å². The molecule has 100 valence electrons. The average Bonchev–Trinajstić information content (AvgIpc) is 2.30. The van der Waals surface area contributed by atoms with E-state index in [1.54, 1.807) is 18.2 Å². The molecule has 0 spiro atoms. The predicted molar refractivity (Wildman–Crippen MR) is 77.3 cm³/mol. The van der Waals surface area contributed by atoms with Crippen LogP contribution in [0.3, 0.4) is 0 Å². The van der Waals surface area contributed by atoms with Crippen LogP contribution in [0.5, 0.6) is 0 Å². The van der Waals surface area contributed by atoms with E-state index >= 15 is 0 Å². The number of halogens is 2. The lowest BCUT2D eigenvalue weighted by molar-refractivity contribution is 0.626. The molecule has 1 atom stereocenters. The molecule has 0 saturated carbocycles. The van der Waals surface area contributed by atoms with Crippen molar-refractivity contribution in [3.8, 4) is 0 Å². The van der Waals surface area contributed by atoms with E-state index in [0.29, 0.717) is 16.4 Å². The minimum Gasteiger partial charge on any atom is -0.383 e. The third kappa shape index (κ3) is 4.17. The van der Waals surface area contributed by atoms with E-state index in [1.165, 1.54) is 12.1 Å². The van der Waals surface area contributed by atoms with Crippen molar-refractivity contribution in [3.05, 3.63) is 46.3 Å². The number of hydrogen-bond acceptors (Lipinski definition) is 4. The Balaban J connectivity index is 2.00. The summed E-state index contributed by atoms with van der Waals surface area (Å²) in [7, 11) is 0. The van der Waals surface area contributed by atoms with E-state index in [2.05, 4.69) is 31.2 Å². The molecular formula is C13H14BrFN4. The average molecular weight is 325 g/mol. The summed E-state index contributed by atoms with van der Waals surface area (Å²) < 4.78 is 13.4. The summed E-state index contributed by atoms with van der Waals surface area (Å²) >= 11 is 3.26. The quantitative estimate of drug-likeness (QED) is 0.848. The summed E-state index contributed by atoms with van der Waals surface area (Å²) in [5, 5.41) is 3.16. The molecule has 1 heterocycles. The van der Waals surface area contributed by atoms with E-state index in [-0.39, 0.29) is 11.9 Å². The lowest BCUT2D eigenvalue weighted by Crippen LogP contribution is -2.20. The third-order valence-corrected chi connectivity index (χ3v) is 2.95. The zero-order valence-corrected chi connectivity index (χ0v) is 12.0. The normalized spacial score (nSPS) is 12.2. The largest absolute Gasteiger partial charge is 0.383 e. The monoisotopic (exact) mass is 324 g/mol. The van der Waals surface area contributed by atoms with Crippen LogP contribution in [0.4, 0.5) is 16.2 Å². The summed E-state index contributed by atoms with van der Waals surface area (Å²) in [5.41, 5.74) is 6.69. The Morgan fingerprint density at radius 3 is 2.63 bits per heavy atom. The second-order valence-corrected chi connectivity index (χ2v) is 5.13. The number of nitrogens with zero attached hydrogens (tertiary/aromatic N) is 2. The second kappa shape index (κ2) is 5.97. The van der Waals surface area contributed by atoms with Gasteiger partial charge in [0.05, 0.1) is 0 Å². The third-order valence-electron chi connectivity index (χ3n) is 2.55. The number of nitrogens with one attached hydrogen (secondary N) is 1. The van der Waals surface area contributed by atoms with Crippen molar-refractivity contribution >= 4 is 27.7 Å². The first kappa shape index (κ1) is 13.7. The Kier molecular flexibility index (Phi) is 4.31. The first-order valence-electron chi connectivity index (χ1n) is 5.84. The van der Waals surface area contributed by atoms with Gasteiger partial charge in [-0.05, 0) is 47.0 Å². The van der Waals surface area contributed by atoms with E-state index in [0.717, 1.165) is 12.0 Å². The molecule has 19 heavy (non-hydrogen) atoms. The van der Waals surface area contributed by atoms with Crippen molar-refractivity contribution in [3.63, 3.8) is 0 Å². The van der Waals surface area contributed by atoms with Crippen molar-refractivity contribution in [1.29, 1.82) is 0 Å². The maximum absolute atomic E-state index is 12.8. The summed E-state index contributed by atoms with van der Waals surface area (Å²) in [6.07, 6.45) is 0.746. The summed E-state index contributed by atoms with van der Waals surface area (Å²) in [5.74, 6) is 0.646. The van der Waals surface area contributed by atoms with E-state index in [4.69, 9.17) is 5.73 Å². The molecule has 1 aromatic heterocycles. The van der Waals surface area contributed by atoms with Crippen LogP contribution in [0.15, 0.2) is 34.9 Å². The predicted octanol–water partition coefficient (Wildman–Crippen LogP) is 3.00. The molecule has 0 amide bonds. The Hall–Kier alpha value is -1.69. The van der Waals surface area contributed by atoms with Crippen LogP contribution in [0.1, 0.15) is 12.5 Å². The van der Waals surface area contributed by atoms with Crippen molar-refractivity contribution in [1.82, 2.24) is 9.97 Å². The first-order chi connectivity index (χ1) is 9.02. The lowest BCUT2D eigenvalue weighted by Gasteiger charge is -2.14. The Morgan fingerprint density at radius 1 is 1.32 bits per heavy atom. The van der Waals surface area contributed by atoms with Crippen LogP contribution in [-0.2, 0) is 6.42 Å². The molecule has 2 aromatic rings. The lowest BCUT2D eigenvalue weighted by atomic mass is 10.1. The fraction of sp³-hybridized carbons (Fsp3) is 0.231. The van der Waals surface area contributed by atoms with Crippen LogP contribution >= 0.6 is 15.9 Å². The number of rotatable bonds is 4. The van der Waals surface area contributed by atoms with Crippen LogP contribution in [-0.4, -0.2) is 16.0 Å². The molecule has 4 nitrogen and oxygen atoms in total. The van der Waals surface area contributed by atoms with Gasteiger partial charge in [0.1, 0.15) is 16.2 Å². The van der Waals surface area contributed by atoms with Crippen molar-refractivity contribution < 1.29 is 4.39 Å². The minimum absolute atomic E-state index is 0.110. The van der Waals surface area contributed by atoms with Gasteiger partial charge in [-0.3, -0.25) is 0 Å².